The van der Waals surface area contributed by atoms with Gasteiger partial charge in [-0.25, -0.2) is 0 Å². The summed E-state index contributed by atoms with van der Waals surface area (Å²) in [7, 11) is 0. The molecule has 440 valence electrons. The predicted molar refractivity (Wildman–Crippen MR) is 339 cm³/mol. The van der Waals surface area contributed by atoms with Crippen molar-refractivity contribution in [1.29, 1.82) is 0 Å². The quantitative estimate of drug-likeness (QED) is 0.0261. The highest BCUT2D eigenvalue weighted by Crippen LogP contribution is 2.14. The highest BCUT2D eigenvalue weighted by atomic mass is 16.6. The topological polar surface area (TPSA) is 78.9 Å². The molecule has 0 radical (unpaired) electrons. The maximum absolute atomic E-state index is 12.9. The van der Waals surface area contributed by atoms with E-state index in [-0.39, 0.29) is 31.1 Å². The van der Waals surface area contributed by atoms with Crippen LogP contribution in [0, 0.1) is 0 Å². The lowest BCUT2D eigenvalue weighted by Gasteiger charge is -2.18. The molecule has 0 bridgehead atoms. The smallest absolute Gasteiger partial charge is 0.306 e. The standard InChI is InChI=1S/C72H116O6/c1-4-7-10-13-16-19-22-25-27-29-31-32-33-34-35-36-37-38-39-40-42-43-45-47-50-53-56-59-62-65-71(74)77-68-69(67-76-70(73)64-61-58-55-52-49-24-21-18-15-12-9-6-3)78-72(75)66-63-60-57-54-51-48-46-44-41-30-28-26-23-20-17-14-11-8-5-2/h7,10,16-21,25-28,31-32,34-35,37-38,40-42,44-45,47,69H,4-6,8-9,11-15,22-24,29-30,33,36,39,43,46,48-68H2,1-3H3/b10-7-,19-16-,20-17-,21-18-,27-25-,28-26-,32-31-,35-34-,38-37-,42-40-,44-41-,47-45-. The monoisotopic (exact) mass is 1080 g/mol. The second kappa shape index (κ2) is 64.8. The Labute approximate surface area is 480 Å². The number of hydrogen-bond donors (Lipinski definition) is 0. The van der Waals surface area contributed by atoms with Crippen LogP contribution >= 0.6 is 0 Å². The van der Waals surface area contributed by atoms with Gasteiger partial charge in [0.25, 0.3) is 0 Å². The van der Waals surface area contributed by atoms with E-state index in [4.69, 9.17) is 14.2 Å². The van der Waals surface area contributed by atoms with E-state index in [2.05, 4.69) is 167 Å². The third-order valence-corrected chi connectivity index (χ3v) is 13.0. The molecule has 0 aromatic heterocycles. The van der Waals surface area contributed by atoms with Crippen LogP contribution in [0.15, 0.2) is 146 Å². The maximum atomic E-state index is 12.9. The fourth-order valence-corrected chi connectivity index (χ4v) is 8.28. The number of ether oxygens (including phenoxy) is 3. The highest BCUT2D eigenvalue weighted by Gasteiger charge is 2.19. The molecule has 0 saturated heterocycles. The van der Waals surface area contributed by atoms with Gasteiger partial charge in [-0.05, 0) is 148 Å². The zero-order chi connectivity index (χ0) is 56.4. The number of hydrogen-bond acceptors (Lipinski definition) is 6. The molecule has 0 fully saturated rings. The molecule has 6 nitrogen and oxygen atoms in total. The first-order valence-electron chi connectivity index (χ1n) is 31.8. The first kappa shape index (κ1) is 73.3. The number of esters is 3. The molecule has 0 rings (SSSR count). The van der Waals surface area contributed by atoms with Crippen molar-refractivity contribution >= 4 is 17.9 Å². The lowest BCUT2D eigenvalue weighted by Crippen LogP contribution is -2.30. The van der Waals surface area contributed by atoms with Crippen molar-refractivity contribution in [2.24, 2.45) is 0 Å². The summed E-state index contributed by atoms with van der Waals surface area (Å²) in [6.45, 7) is 6.43. The van der Waals surface area contributed by atoms with Crippen molar-refractivity contribution < 1.29 is 28.6 Å². The number of carbonyl (C=O) groups excluding carboxylic acids is 3. The Hall–Kier alpha value is -4.71. The second-order valence-electron chi connectivity index (χ2n) is 20.6. The molecule has 0 aliphatic carbocycles. The van der Waals surface area contributed by atoms with Gasteiger partial charge in [0.1, 0.15) is 13.2 Å². The Morgan fingerprint density at radius 2 is 0.500 bits per heavy atom. The van der Waals surface area contributed by atoms with E-state index in [1.165, 1.54) is 70.6 Å². The number of unbranched alkanes of at least 4 members (excludes halogenated alkanes) is 21. The van der Waals surface area contributed by atoms with Crippen LogP contribution in [0.5, 0.6) is 0 Å². The van der Waals surface area contributed by atoms with Crippen LogP contribution in [0.3, 0.4) is 0 Å². The van der Waals surface area contributed by atoms with Gasteiger partial charge in [-0.3, -0.25) is 14.4 Å². The van der Waals surface area contributed by atoms with Crippen LogP contribution in [0.1, 0.15) is 271 Å². The van der Waals surface area contributed by atoms with E-state index in [1.54, 1.807) is 0 Å². The minimum atomic E-state index is -0.806. The van der Waals surface area contributed by atoms with Gasteiger partial charge in [-0.1, -0.05) is 250 Å². The molecular weight excluding hydrogens is 961 g/mol. The van der Waals surface area contributed by atoms with Crippen LogP contribution in [0.25, 0.3) is 0 Å². The summed E-state index contributed by atoms with van der Waals surface area (Å²) in [6, 6.07) is 0. The summed E-state index contributed by atoms with van der Waals surface area (Å²) in [5.74, 6) is -0.950. The molecule has 0 N–H and O–H groups in total. The van der Waals surface area contributed by atoms with E-state index < -0.39 is 6.10 Å². The van der Waals surface area contributed by atoms with Crippen LogP contribution < -0.4 is 0 Å². The van der Waals surface area contributed by atoms with Gasteiger partial charge >= 0.3 is 17.9 Å². The summed E-state index contributed by atoms with van der Waals surface area (Å²) in [4.78, 5) is 38.3. The fraction of sp³-hybridized carbons (Fsp3) is 0.625. The summed E-state index contributed by atoms with van der Waals surface area (Å²) < 4.78 is 16.9. The third-order valence-electron chi connectivity index (χ3n) is 13.0. The van der Waals surface area contributed by atoms with Crippen LogP contribution in [0.4, 0.5) is 0 Å². The highest BCUT2D eigenvalue weighted by molar-refractivity contribution is 5.71. The average Bonchev–Trinajstić information content (AvgIpc) is 3.44. The normalized spacial score (nSPS) is 13.1. The van der Waals surface area contributed by atoms with Gasteiger partial charge in [-0.2, -0.15) is 0 Å². The fourth-order valence-electron chi connectivity index (χ4n) is 8.28. The predicted octanol–water partition coefficient (Wildman–Crippen LogP) is 21.9. The third kappa shape index (κ3) is 62.1. The van der Waals surface area contributed by atoms with Gasteiger partial charge in [0.15, 0.2) is 6.10 Å². The minimum Gasteiger partial charge on any atom is -0.462 e. The van der Waals surface area contributed by atoms with Gasteiger partial charge in [0.2, 0.25) is 0 Å². The van der Waals surface area contributed by atoms with Crippen molar-refractivity contribution in [3.05, 3.63) is 146 Å². The Morgan fingerprint density at radius 3 is 0.795 bits per heavy atom. The molecule has 0 heterocycles. The Kier molecular flexibility index (Phi) is 60.9. The van der Waals surface area contributed by atoms with Crippen molar-refractivity contribution in [3.63, 3.8) is 0 Å². The van der Waals surface area contributed by atoms with Crippen molar-refractivity contribution in [2.45, 2.75) is 277 Å². The molecule has 0 aliphatic rings. The van der Waals surface area contributed by atoms with E-state index in [0.29, 0.717) is 19.3 Å². The van der Waals surface area contributed by atoms with Gasteiger partial charge in [0, 0.05) is 19.3 Å². The SMILES string of the molecule is CC/C=C\C/C=C\C/C=C\C/C=C\C/C=C\C/C=C\C/C=C\C/C=C\CCCCCCC(=O)OCC(COC(=O)CCCCCCC/C=C\CCCCC)OC(=O)CCCCCCCC/C=C\C/C=C\C/C=C\CCCCC. The zero-order valence-electron chi connectivity index (χ0n) is 50.4. The van der Waals surface area contributed by atoms with Crippen LogP contribution in [-0.2, 0) is 28.6 Å². The minimum absolute atomic E-state index is 0.101. The number of allylic oxidation sites excluding steroid dienone is 24. The van der Waals surface area contributed by atoms with E-state index in [9.17, 15) is 14.4 Å². The number of rotatable bonds is 56. The lowest BCUT2D eigenvalue weighted by molar-refractivity contribution is -0.167. The zero-order valence-corrected chi connectivity index (χ0v) is 50.4. The molecule has 1 atom stereocenters. The molecule has 0 amide bonds. The van der Waals surface area contributed by atoms with Gasteiger partial charge in [-0.15, -0.1) is 0 Å². The molecule has 0 saturated carbocycles. The first-order valence-corrected chi connectivity index (χ1v) is 31.8. The van der Waals surface area contributed by atoms with E-state index in [0.717, 1.165) is 161 Å². The van der Waals surface area contributed by atoms with Crippen molar-refractivity contribution in [3.8, 4) is 0 Å². The van der Waals surface area contributed by atoms with E-state index >= 15 is 0 Å². The maximum Gasteiger partial charge on any atom is 0.306 e. The number of carbonyl (C=O) groups is 3. The lowest BCUT2D eigenvalue weighted by atomic mass is 10.1. The van der Waals surface area contributed by atoms with Gasteiger partial charge in [0.05, 0.1) is 0 Å². The molecule has 0 spiro atoms. The summed E-state index contributed by atoms with van der Waals surface area (Å²) in [6.07, 6.45) is 92.7. The summed E-state index contributed by atoms with van der Waals surface area (Å²) >= 11 is 0. The molecular formula is C72H116O6. The van der Waals surface area contributed by atoms with Crippen molar-refractivity contribution in [1.82, 2.24) is 0 Å². The van der Waals surface area contributed by atoms with E-state index in [1.807, 2.05) is 0 Å². The second-order valence-corrected chi connectivity index (χ2v) is 20.6. The van der Waals surface area contributed by atoms with Crippen LogP contribution in [0.2, 0.25) is 0 Å². The molecule has 0 aromatic rings. The largest absolute Gasteiger partial charge is 0.462 e. The Morgan fingerprint density at radius 1 is 0.269 bits per heavy atom. The van der Waals surface area contributed by atoms with Crippen molar-refractivity contribution in [2.75, 3.05) is 13.2 Å². The Balaban J connectivity index is 4.41. The molecule has 78 heavy (non-hydrogen) atoms. The first-order chi connectivity index (χ1) is 38.5. The van der Waals surface area contributed by atoms with Gasteiger partial charge < -0.3 is 14.2 Å². The molecule has 0 aromatic carbocycles. The summed E-state index contributed by atoms with van der Waals surface area (Å²) in [5.41, 5.74) is 0. The Bertz CT molecular complexity index is 1710. The molecule has 6 heteroatoms. The molecule has 0 aliphatic heterocycles. The molecule has 1 unspecified atom stereocenters. The average molecular weight is 1080 g/mol. The van der Waals surface area contributed by atoms with Crippen LogP contribution in [-0.4, -0.2) is 37.2 Å². The summed E-state index contributed by atoms with van der Waals surface area (Å²) in [5, 5.41) is 0.